The van der Waals surface area contributed by atoms with Crippen molar-refractivity contribution in [3.63, 3.8) is 0 Å². The molecular formula is C21H24F2N2O. The topological polar surface area (TPSA) is 23.6 Å². The molecule has 1 aliphatic heterocycles. The predicted octanol–water partition coefficient (Wildman–Crippen LogP) is 4.39. The maximum Gasteiger partial charge on any atom is 0.257 e. The minimum absolute atomic E-state index is 0.104. The zero-order chi connectivity index (χ0) is 18.7. The number of halogens is 2. The highest BCUT2D eigenvalue weighted by Gasteiger charge is 2.30. The van der Waals surface area contributed by atoms with Gasteiger partial charge in [0.1, 0.15) is 0 Å². The maximum atomic E-state index is 14.1. The zero-order valence-corrected chi connectivity index (χ0v) is 15.2. The fraction of sp³-hybridized carbons (Fsp3) is 0.381. The third-order valence-corrected chi connectivity index (χ3v) is 4.81. The number of carbonyl (C=O) groups excluding carboxylic acids is 1. The lowest BCUT2D eigenvalue weighted by atomic mass is 9.93. The number of rotatable bonds is 4. The van der Waals surface area contributed by atoms with Crippen molar-refractivity contribution in [3.05, 3.63) is 70.8 Å². The summed E-state index contributed by atoms with van der Waals surface area (Å²) in [6, 6.07) is 11.9. The summed E-state index contributed by atoms with van der Waals surface area (Å²) < 4.78 is 27.6. The molecule has 1 unspecified atom stereocenters. The number of piperidine rings is 1. The molecule has 1 atom stereocenters. The van der Waals surface area contributed by atoms with E-state index in [1.165, 1.54) is 17.7 Å². The van der Waals surface area contributed by atoms with Crippen LogP contribution in [0.4, 0.5) is 8.78 Å². The molecule has 1 fully saturated rings. The SMILES string of the molecule is CN(C)Cc1ccc(C2CCCCN2C(=O)c2cccc(F)c2F)cc1. The first-order valence-corrected chi connectivity index (χ1v) is 8.96. The molecule has 3 nitrogen and oxygen atoms in total. The zero-order valence-electron chi connectivity index (χ0n) is 15.2. The van der Waals surface area contributed by atoms with Crippen LogP contribution in [0, 0.1) is 11.6 Å². The van der Waals surface area contributed by atoms with E-state index in [0.717, 1.165) is 37.4 Å². The van der Waals surface area contributed by atoms with E-state index in [1.807, 2.05) is 26.2 Å². The molecule has 1 heterocycles. The molecule has 0 saturated carbocycles. The molecule has 0 N–H and O–H groups in total. The first-order valence-electron chi connectivity index (χ1n) is 8.96. The summed E-state index contributed by atoms with van der Waals surface area (Å²) in [7, 11) is 4.03. The van der Waals surface area contributed by atoms with Crippen molar-refractivity contribution in [2.24, 2.45) is 0 Å². The Hall–Kier alpha value is -2.27. The minimum atomic E-state index is -1.07. The molecule has 1 amide bonds. The standard InChI is InChI=1S/C21H24F2N2O/c1-24(2)14-15-9-11-16(12-10-15)19-8-3-4-13-25(19)21(26)17-6-5-7-18(22)20(17)23/h5-7,9-12,19H,3-4,8,13-14H2,1-2H3. The van der Waals surface area contributed by atoms with Crippen molar-refractivity contribution in [1.29, 1.82) is 0 Å². The Balaban J connectivity index is 1.86. The molecule has 0 radical (unpaired) electrons. The van der Waals surface area contributed by atoms with Crippen molar-refractivity contribution in [3.8, 4) is 0 Å². The highest BCUT2D eigenvalue weighted by molar-refractivity contribution is 5.94. The van der Waals surface area contributed by atoms with Gasteiger partial charge >= 0.3 is 0 Å². The molecule has 1 saturated heterocycles. The predicted molar refractivity (Wildman–Crippen MR) is 97.8 cm³/mol. The average molecular weight is 358 g/mol. The largest absolute Gasteiger partial charge is 0.332 e. The molecule has 3 rings (SSSR count). The monoisotopic (exact) mass is 358 g/mol. The molecule has 0 bridgehead atoms. The summed E-state index contributed by atoms with van der Waals surface area (Å²) in [5.74, 6) is -2.50. The first kappa shape index (κ1) is 18.5. The van der Waals surface area contributed by atoms with Gasteiger partial charge in [-0.15, -0.1) is 0 Å². The van der Waals surface area contributed by atoms with Crippen LogP contribution in [0.3, 0.4) is 0 Å². The van der Waals surface area contributed by atoms with Crippen molar-refractivity contribution in [1.82, 2.24) is 9.80 Å². The van der Waals surface area contributed by atoms with Crippen LogP contribution in [0.15, 0.2) is 42.5 Å². The maximum absolute atomic E-state index is 14.1. The quantitative estimate of drug-likeness (QED) is 0.809. The number of likely N-dealkylation sites (tertiary alicyclic amines) is 1. The Bertz CT molecular complexity index is 774. The smallest absolute Gasteiger partial charge is 0.257 e. The molecule has 5 heteroatoms. The van der Waals surface area contributed by atoms with E-state index in [1.54, 1.807) is 4.90 Å². The van der Waals surface area contributed by atoms with Crippen LogP contribution >= 0.6 is 0 Å². The van der Waals surface area contributed by atoms with E-state index in [2.05, 4.69) is 17.0 Å². The number of nitrogens with zero attached hydrogens (tertiary/aromatic N) is 2. The van der Waals surface area contributed by atoms with Gasteiger partial charge in [-0.25, -0.2) is 8.78 Å². The fourth-order valence-corrected chi connectivity index (χ4v) is 3.56. The van der Waals surface area contributed by atoms with Crippen molar-refractivity contribution in [2.45, 2.75) is 31.8 Å². The molecule has 2 aromatic rings. The van der Waals surface area contributed by atoms with E-state index in [0.29, 0.717) is 6.54 Å². The summed E-state index contributed by atoms with van der Waals surface area (Å²) in [6.07, 6.45) is 2.72. The lowest BCUT2D eigenvalue weighted by Crippen LogP contribution is -2.39. The van der Waals surface area contributed by atoms with Gasteiger partial charge in [0, 0.05) is 13.1 Å². The highest BCUT2D eigenvalue weighted by atomic mass is 19.2. The van der Waals surface area contributed by atoms with Crippen LogP contribution in [0.25, 0.3) is 0 Å². The van der Waals surface area contributed by atoms with Gasteiger partial charge in [0.05, 0.1) is 11.6 Å². The second kappa shape index (κ2) is 7.96. The third kappa shape index (κ3) is 3.93. The van der Waals surface area contributed by atoms with Gasteiger partial charge in [-0.05, 0) is 56.6 Å². The molecule has 138 valence electrons. The van der Waals surface area contributed by atoms with E-state index in [4.69, 9.17) is 0 Å². The third-order valence-electron chi connectivity index (χ3n) is 4.81. The first-order chi connectivity index (χ1) is 12.5. The van der Waals surface area contributed by atoms with Gasteiger partial charge in [-0.3, -0.25) is 4.79 Å². The summed E-state index contributed by atoms with van der Waals surface area (Å²) >= 11 is 0. The van der Waals surface area contributed by atoms with Crippen LogP contribution < -0.4 is 0 Å². The Labute approximate surface area is 153 Å². The van der Waals surface area contributed by atoms with Gasteiger partial charge in [0.15, 0.2) is 11.6 Å². The molecule has 2 aromatic carbocycles. The van der Waals surface area contributed by atoms with E-state index in [9.17, 15) is 13.6 Å². The molecular weight excluding hydrogens is 334 g/mol. The number of amides is 1. The van der Waals surface area contributed by atoms with Gasteiger partial charge in [-0.1, -0.05) is 30.3 Å². The van der Waals surface area contributed by atoms with Gasteiger partial charge in [0.25, 0.3) is 5.91 Å². The lowest BCUT2D eigenvalue weighted by molar-refractivity contribution is 0.0605. The number of benzene rings is 2. The van der Waals surface area contributed by atoms with Crippen molar-refractivity contribution >= 4 is 5.91 Å². The van der Waals surface area contributed by atoms with Crippen LogP contribution in [-0.2, 0) is 6.54 Å². The van der Waals surface area contributed by atoms with Crippen molar-refractivity contribution < 1.29 is 13.6 Å². The second-order valence-corrected chi connectivity index (χ2v) is 7.09. The average Bonchev–Trinajstić information content (AvgIpc) is 2.64. The Morgan fingerprint density at radius 3 is 2.54 bits per heavy atom. The Morgan fingerprint density at radius 2 is 1.85 bits per heavy atom. The van der Waals surface area contributed by atoms with E-state index >= 15 is 0 Å². The summed E-state index contributed by atoms with van der Waals surface area (Å²) in [6.45, 7) is 1.40. The van der Waals surface area contributed by atoms with Crippen LogP contribution in [0.1, 0.15) is 46.8 Å². The Kier molecular flexibility index (Phi) is 5.67. The molecule has 0 aliphatic carbocycles. The Morgan fingerprint density at radius 1 is 1.12 bits per heavy atom. The summed E-state index contributed by atoms with van der Waals surface area (Å²) in [5, 5.41) is 0. The van der Waals surface area contributed by atoms with Gasteiger partial charge < -0.3 is 9.80 Å². The van der Waals surface area contributed by atoms with Crippen LogP contribution in [0.2, 0.25) is 0 Å². The second-order valence-electron chi connectivity index (χ2n) is 7.09. The number of carbonyl (C=O) groups is 1. The molecule has 1 aliphatic rings. The summed E-state index contributed by atoms with van der Waals surface area (Å²) in [4.78, 5) is 16.7. The van der Waals surface area contributed by atoms with Crippen molar-refractivity contribution in [2.75, 3.05) is 20.6 Å². The van der Waals surface area contributed by atoms with E-state index < -0.39 is 17.5 Å². The molecule has 0 aromatic heterocycles. The molecule has 26 heavy (non-hydrogen) atoms. The lowest BCUT2D eigenvalue weighted by Gasteiger charge is -2.36. The van der Waals surface area contributed by atoms with E-state index in [-0.39, 0.29) is 11.6 Å². The fourth-order valence-electron chi connectivity index (χ4n) is 3.56. The molecule has 0 spiro atoms. The van der Waals surface area contributed by atoms with Crippen LogP contribution in [-0.4, -0.2) is 36.3 Å². The normalized spacial score (nSPS) is 17.6. The van der Waals surface area contributed by atoms with Gasteiger partial charge in [-0.2, -0.15) is 0 Å². The number of hydrogen-bond donors (Lipinski definition) is 0. The van der Waals surface area contributed by atoms with Gasteiger partial charge in [0.2, 0.25) is 0 Å². The summed E-state index contributed by atoms with van der Waals surface area (Å²) in [5.41, 5.74) is 2.04. The van der Waals surface area contributed by atoms with Crippen LogP contribution in [0.5, 0.6) is 0 Å². The highest BCUT2D eigenvalue weighted by Crippen LogP contribution is 2.33. The number of hydrogen-bond acceptors (Lipinski definition) is 2. The minimum Gasteiger partial charge on any atom is -0.332 e.